The quantitative estimate of drug-likeness (QED) is 0.590. The van der Waals surface area contributed by atoms with Gasteiger partial charge in [0.05, 0.1) is 5.39 Å². The molecule has 2 aliphatic heterocycles. The molecule has 150 valence electrons. The van der Waals surface area contributed by atoms with E-state index in [-0.39, 0.29) is 0 Å². The minimum Gasteiger partial charge on any atom is -0.454 e. The van der Waals surface area contributed by atoms with E-state index in [9.17, 15) is 0 Å². The SMILES string of the molecule is Clc1nc(N2CCN(Cc3ccc4c(c3)OCO4)CC2)c2c3c(sc2n1)CCC3. The smallest absolute Gasteiger partial charge is 0.231 e. The van der Waals surface area contributed by atoms with Gasteiger partial charge in [0.2, 0.25) is 12.1 Å². The van der Waals surface area contributed by atoms with Crippen molar-refractivity contribution in [2.24, 2.45) is 0 Å². The zero-order valence-electron chi connectivity index (χ0n) is 16.0. The number of hydrogen-bond acceptors (Lipinski definition) is 7. The Morgan fingerprint density at radius 1 is 1.03 bits per heavy atom. The molecule has 29 heavy (non-hydrogen) atoms. The Hall–Kier alpha value is -2.09. The van der Waals surface area contributed by atoms with Gasteiger partial charge in [-0.1, -0.05) is 6.07 Å². The lowest BCUT2D eigenvalue weighted by atomic mass is 10.1. The molecule has 8 heteroatoms. The lowest BCUT2D eigenvalue weighted by Crippen LogP contribution is -2.46. The number of hydrogen-bond donors (Lipinski definition) is 0. The van der Waals surface area contributed by atoms with E-state index in [0.29, 0.717) is 12.1 Å². The Kier molecular flexibility index (Phi) is 4.29. The molecule has 0 saturated carbocycles. The summed E-state index contributed by atoms with van der Waals surface area (Å²) in [5.41, 5.74) is 2.71. The van der Waals surface area contributed by atoms with E-state index in [0.717, 1.165) is 67.7 Å². The Morgan fingerprint density at radius 2 is 1.90 bits per heavy atom. The molecular weight excluding hydrogens is 408 g/mol. The van der Waals surface area contributed by atoms with Crippen molar-refractivity contribution in [1.29, 1.82) is 0 Å². The Morgan fingerprint density at radius 3 is 2.79 bits per heavy atom. The highest BCUT2D eigenvalue weighted by Crippen LogP contribution is 2.41. The number of thiophene rings is 1. The number of halogens is 1. The van der Waals surface area contributed by atoms with Crippen LogP contribution in [0, 0.1) is 0 Å². The predicted molar refractivity (Wildman–Crippen MR) is 115 cm³/mol. The normalized spacial score (nSPS) is 18.6. The van der Waals surface area contributed by atoms with Gasteiger partial charge in [0.25, 0.3) is 0 Å². The lowest BCUT2D eigenvalue weighted by molar-refractivity contribution is 0.174. The van der Waals surface area contributed by atoms with Crippen LogP contribution >= 0.6 is 22.9 Å². The molecule has 3 aromatic rings. The number of aryl methyl sites for hydroxylation is 2. The summed E-state index contributed by atoms with van der Waals surface area (Å²) in [6.45, 7) is 5.10. The largest absolute Gasteiger partial charge is 0.454 e. The van der Waals surface area contributed by atoms with Crippen molar-refractivity contribution >= 4 is 39.0 Å². The van der Waals surface area contributed by atoms with Crippen LogP contribution in [0.4, 0.5) is 5.82 Å². The van der Waals surface area contributed by atoms with Gasteiger partial charge in [-0.2, -0.15) is 4.98 Å². The molecule has 0 radical (unpaired) electrons. The first kappa shape index (κ1) is 17.7. The molecular formula is C21H21ClN4O2S. The molecule has 6 rings (SSSR count). The average Bonchev–Trinajstić information content (AvgIpc) is 3.43. The number of aromatic nitrogens is 2. The Balaban J connectivity index is 1.20. The van der Waals surface area contributed by atoms with Crippen molar-refractivity contribution in [3.63, 3.8) is 0 Å². The van der Waals surface area contributed by atoms with E-state index in [1.54, 1.807) is 11.3 Å². The van der Waals surface area contributed by atoms with Crippen LogP contribution in [0.2, 0.25) is 5.28 Å². The van der Waals surface area contributed by atoms with Crippen LogP contribution in [0.5, 0.6) is 11.5 Å². The van der Waals surface area contributed by atoms with Gasteiger partial charge in [-0.15, -0.1) is 11.3 Å². The number of nitrogens with zero attached hydrogens (tertiary/aromatic N) is 4. The molecule has 1 saturated heterocycles. The lowest BCUT2D eigenvalue weighted by Gasteiger charge is -2.35. The van der Waals surface area contributed by atoms with Crippen LogP contribution in [-0.2, 0) is 19.4 Å². The second-order valence-electron chi connectivity index (χ2n) is 7.80. The fourth-order valence-electron chi connectivity index (χ4n) is 4.60. The molecule has 4 heterocycles. The van der Waals surface area contributed by atoms with Crippen molar-refractivity contribution < 1.29 is 9.47 Å². The highest BCUT2D eigenvalue weighted by atomic mass is 35.5. The number of rotatable bonds is 3. The van der Waals surface area contributed by atoms with Crippen LogP contribution in [0.3, 0.4) is 0 Å². The monoisotopic (exact) mass is 428 g/mol. The standard InChI is InChI=1S/C21H21ClN4O2S/c22-21-23-19(18-14-2-1-3-17(14)29-20(18)24-21)26-8-6-25(7-9-26)11-13-4-5-15-16(10-13)28-12-27-15/h4-5,10H,1-3,6-9,11-12H2. The summed E-state index contributed by atoms with van der Waals surface area (Å²) in [7, 11) is 0. The first-order valence-corrected chi connectivity index (χ1v) is 11.3. The zero-order chi connectivity index (χ0) is 19.4. The van der Waals surface area contributed by atoms with E-state index in [1.807, 2.05) is 6.07 Å². The van der Waals surface area contributed by atoms with Gasteiger partial charge in [0.15, 0.2) is 11.5 Å². The number of anilines is 1. The molecule has 0 unspecified atom stereocenters. The summed E-state index contributed by atoms with van der Waals surface area (Å²) < 4.78 is 10.9. The maximum Gasteiger partial charge on any atom is 0.231 e. The second-order valence-corrected chi connectivity index (χ2v) is 9.23. The van der Waals surface area contributed by atoms with Gasteiger partial charge in [0.1, 0.15) is 10.6 Å². The van der Waals surface area contributed by atoms with Crippen molar-refractivity contribution in [3.05, 3.63) is 39.5 Å². The number of fused-ring (bicyclic) bond motifs is 4. The first-order chi connectivity index (χ1) is 14.2. The fraction of sp³-hybridized carbons (Fsp3) is 0.429. The zero-order valence-corrected chi connectivity index (χ0v) is 17.6. The van der Waals surface area contributed by atoms with Gasteiger partial charge in [-0.05, 0) is 54.1 Å². The van der Waals surface area contributed by atoms with Crippen molar-refractivity contribution in [2.45, 2.75) is 25.8 Å². The molecule has 1 fully saturated rings. The summed E-state index contributed by atoms with van der Waals surface area (Å²) >= 11 is 8.07. The maximum absolute atomic E-state index is 6.27. The van der Waals surface area contributed by atoms with E-state index in [1.165, 1.54) is 27.8 Å². The summed E-state index contributed by atoms with van der Waals surface area (Å²) in [6.07, 6.45) is 3.54. The molecule has 0 N–H and O–H groups in total. The summed E-state index contributed by atoms with van der Waals surface area (Å²) in [5, 5.41) is 1.60. The maximum atomic E-state index is 6.27. The molecule has 1 aromatic carbocycles. The highest BCUT2D eigenvalue weighted by molar-refractivity contribution is 7.19. The topological polar surface area (TPSA) is 50.7 Å². The third-order valence-electron chi connectivity index (χ3n) is 6.03. The van der Waals surface area contributed by atoms with Gasteiger partial charge in [-0.25, -0.2) is 4.98 Å². The van der Waals surface area contributed by atoms with Crippen LogP contribution in [0.25, 0.3) is 10.2 Å². The molecule has 0 amide bonds. The molecule has 0 spiro atoms. The minimum atomic E-state index is 0.319. The average molecular weight is 429 g/mol. The van der Waals surface area contributed by atoms with Crippen LogP contribution in [-0.4, -0.2) is 47.8 Å². The molecule has 0 bridgehead atoms. The molecule has 3 aliphatic rings. The molecule has 6 nitrogen and oxygen atoms in total. The third-order valence-corrected chi connectivity index (χ3v) is 7.39. The van der Waals surface area contributed by atoms with Crippen molar-refractivity contribution in [2.75, 3.05) is 37.9 Å². The summed E-state index contributed by atoms with van der Waals surface area (Å²) in [5.74, 6) is 2.72. The highest BCUT2D eigenvalue weighted by Gasteiger charge is 2.27. The van der Waals surface area contributed by atoms with Gasteiger partial charge >= 0.3 is 0 Å². The van der Waals surface area contributed by atoms with Gasteiger partial charge < -0.3 is 14.4 Å². The number of benzene rings is 1. The second kappa shape index (κ2) is 7.00. The number of piperazine rings is 1. The van der Waals surface area contributed by atoms with Crippen LogP contribution < -0.4 is 14.4 Å². The predicted octanol–water partition coefficient (Wildman–Crippen LogP) is 3.88. The van der Waals surface area contributed by atoms with Crippen molar-refractivity contribution in [1.82, 2.24) is 14.9 Å². The van der Waals surface area contributed by atoms with E-state index >= 15 is 0 Å². The van der Waals surface area contributed by atoms with E-state index in [2.05, 4.69) is 31.9 Å². The summed E-state index contributed by atoms with van der Waals surface area (Å²) in [4.78, 5) is 16.6. The first-order valence-electron chi connectivity index (χ1n) is 10.1. The van der Waals surface area contributed by atoms with Crippen LogP contribution in [0.1, 0.15) is 22.4 Å². The Bertz CT molecular complexity index is 1090. The molecule has 2 aromatic heterocycles. The molecule has 1 aliphatic carbocycles. The Labute approximate surface area is 178 Å². The van der Waals surface area contributed by atoms with Crippen molar-refractivity contribution in [3.8, 4) is 11.5 Å². The summed E-state index contributed by atoms with van der Waals surface area (Å²) in [6, 6.07) is 6.23. The minimum absolute atomic E-state index is 0.319. The van der Waals surface area contributed by atoms with Crippen LogP contribution in [0.15, 0.2) is 18.2 Å². The van der Waals surface area contributed by atoms with Gasteiger partial charge in [-0.3, -0.25) is 4.90 Å². The van der Waals surface area contributed by atoms with E-state index in [4.69, 9.17) is 21.1 Å². The third kappa shape index (κ3) is 3.12. The fourth-order valence-corrected chi connectivity index (χ4v) is 6.07. The molecule has 0 atom stereocenters. The van der Waals surface area contributed by atoms with E-state index < -0.39 is 0 Å². The number of ether oxygens (including phenoxy) is 2. The van der Waals surface area contributed by atoms with Gasteiger partial charge in [0, 0.05) is 37.6 Å².